The molecule has 1 atom stereocenters. The summed E-state index contributed by atoms with van der Waals surface area (Å²) in [6.45, 7) is 2.08. The van der Waals surface area contributed by atoms with Gasteiger partial charge in [0.1, 0.15) is 4.90 Å². The molecule has 16 heavy (non-hydrogen) atoms. The standard InChI is InChI=1S/C10H17N3O2S/c1-3-8(12-2)6-9-4-5-10(7-13-9)16(11,14)15/h4-5,7-8,12H,3,6H2,1-2H3,(H2,11,14,15). The SMILES string of the molecule is CCC(Cc1ccc(S(N)(=O)=O)cn1)NC. The maximum absolute atomic E-state index is 11.0. The minimum atomic E-state index is -3.64. The van der Waals surface area contributed by atoms with Gasteiger partial charge in [-0.3, -0.25) is 4.98 Å². The molecule has 3 N–H and O–H groups in total. The topological polar surface area (TPSA) is 85.1 Å². The van der Waals surface area contributed by atoms with E-state index in [1.54, 1.807) is 6.07 Å². The van der Waals surface area contributed by atoms with E-state index in [9.17, 15) is 8.42 Å². The van der Waals surface area contributed by atoms with Crippen LogP contribution in [-0.2, 0) is 16.4 Å². The number of nitrogens with two attached hydrogens (primary N) is 1. The van der Waals surface area contributed by atoms with Crippen LogP contribution in [0, 0.1) is 0 Å². The third-order valence-electron chi connectivity index (χ3n) is 2.48. The fraction of sp³-hybridized carbons (Fsp3) is 0.500. The van der Waals surface area contributed by atoms with Crippen molar-refractivity contribution in [3.63, 3.8) is 0 Å². The van der Waals surface area contributed by atoms with E-state index >= 15 is 0 Å². The van der Waals surface area contributed by atoms with Crippen LogP contribution in [0.15, 0.2) is 23.2 Å². The largest absolute Gasteiger partial charge is 0.317 e. The van der Waals surface area contributed by atoms with Gasteiger partial charge in [-0.25, -0.2) is 13.6 Å². The number of nitrogens with one attached hydrogen (secondary N) is 1. The first-order valence-electron chi connectivity index (χ1n) is 5.12. The van der Waals surface area contributed by atoms with Crippen molar-refractivity contribution in [2.24, 2.45) is 5.14 Å². The van der Waals surface area contributed by atoms with Crippen molar-refractivity contribution >= 4 is 10.0 Å². The number of likely N-dealkylation sites (N-methyl/N-ethyl adjacent to an activating group) is 1. The summed E-state index contributed by atoms with van der Waals surface area (Å²) < 4.78 is 22.0. The molecule has 1 heterocycles. The quantitative estimate of drug-likeness (QED) is 0.777. The molecule has 0 radical (unpaired) electrons. The Morgan fingerprint density at radius 3 is 2.56 bits per heavy atom. The third kappa shape index (κ3) is 3.55. The van der Waals surface area contributed by atoms with Crippen LogP contribution in [0.25, 0.3) is 0 Å². The van der Waals surface area contributed by atoms with E-state index in [0.29, 0.717) is 6.04 Å². The highest BCUT2D eigenvalue weighted by atomic mass is 32.2. The number of pyridine rings is 1. The molecule has 1 rings (SSSR count). The predicted molar refractivity (Wildman–Crippen MR) is 62.5 cm³/mol. The Kier molecular flexibility index (Phi) is 4.40. The molecule has 1 aromatic heterocycles. The zero-order valence-electron chi connectivity index (χ0n) is 9.47. The third-order valence-corrected chi connectivity index (χ3v) is 3.38. The Labute approximate surface area is 96.1 Å². The predicted octanol–water partition coefficient (Wildman–Crippen LogP) is 0.270. The number of primary sulfonamides is 1. The first-order chi connectivity index (χ1) is 7.47. The van der Waals surface area contributed by atoms with Crippen molar-refractivity contribution in [2.75, 3.05) is 7.05 Å². The van der Waals surface area contributed by atoms with Crippen LogP contribution >= 0.6 is 0 Å². The van der Waals surface area contributed by atoms with Crippen LogP contribution in [0.5, 0.6) is 0 Å². The lowest BCUT2D eigenvalue weighted by Gasteiger charge is -2.12. The molecule has 5 nitrogen and oxygen atoms in total. The fourth-order valence-corrected chi connectivity index (χ4v) is 1.86. The summed E-state index contributed by atoms with van der Waals surface area (Å²) in [5.74, 6) is 0. The lowest BCUT2D eigenvalue weighted by Crippen LogP contribution is -2.26. The summed E-state index contributed by atoms with van der Waals surface area (Å²) >= 11 is 0. The number of hydrogen-bond acceptors (Lipinski definition) is 4. The monoisotopic (exact) mass is 243 g/mol. The Balaban J connectivity index is 2.80. The highest BCUT2D eigenvalue weighted by Gasteiger charge is 2.09. The minimum Gasteiger partial charge on any atom is -0.317 e. The van der Waals surface area contributed by atoms with Crippen molar-refractivity contribution in [1.82, 2.24) is 10.3 Å². The summed E-state index contributed by atoms with van der Waals surface area (Å²) in [6, 6.07) is 3.53. The van der Waals surface area contributed by atoms with Gasteiger partial charge in [-0.05, 0) is 25.6 Å². The van der Waals surface area contributed by atoms with Crippen LogP contribution in [0.3, 0.4) is 0 Å². The van der Waals surface area contributed by atoms with Crippen molar-refractivity contribution in [3.05, 3.63) is 24.0 Å². The molecule has 1 aromatic rings. The molecule has 0 saturated heterocycles. The second-order valence-electron chi connectivity index (χ2n) is 3.63. The van der Waals surface area contributed by atoms with Gasteiger partial charge in [0, 0.05) is 24.4 Å². The Bertz CT molecular complexity index is 424. The molecule has 1 unspecified atom stereocenters. The molecular weight excluding hydrogens is 226 g/mol. The maximum atomic E-state index is 11.0. The van der Waals surface area contributed by atoms with Gasteiger partial charge < -0.3 is 5.32 Å². The lowest BCUT2D eigenvalue weighted by molar-refractivity contribution is 0.537. The van der Waals surface area contributed by atoms with Gasteiger partial charge in [-0.1, -0.05) is 6.92 Å². The summed E-state index contributed by atoms with van der Waals surface area (Å²) in [5.41, 5.74) is 0.855. The minimum absolute atomic E-state index is 0.0498. The van der Waals surface area contributed by atoms with Crippen LogP contribution in [-0.4, -0.2) is 26.5 Å². The Hall–Kier alpha value is -0.980. The summed E-state index contributed by atoms with van der Waals surface area (Å²) in [6.07, 6.45) is 3.07. The maximum Gasteiger partial charge on any atom is 0.239 e. The van der Waals surface area contributed by atoms with Gasteiger partial charge in [-0.2, -0.15) is 0 Å². The zero-order chi connectivity index (χ0) is 12.2. The Morgan fingerprint density at radius 2 is 2.19 bits per heavy atom. The second-order valence-corrected chi connectivity index (χ2v) is 5.19. The van der Waals surface area contributed by atoms with Gasteiger partial charge >= 0.3 is 0 Å². The average Bonchev–Trinajstić information content (AvgIpc) is 2.25. The summed E-state index contributed by atoms with van der Waals surface area (Å²) in [5, 5.41) is 8.14. The van der Waals surface area contributed by atoms with Gasteiger partial charge in [0.25, 0.3) is 0 Å². The van der Waals surface area contributed by atoms with Crippen molar-refractivity contribution in [3.8, 4) is 0 Å². The van der Waals surface area contributed by atoms with Gasteiger partial charge in [0.05, 0.1) is 0 Å². The van der Waals surface area contributed by atoms with Crippen molar-refractivity contribution in [1.29, 1.82) is 0 Å². The molecule has 0 aliphatic carbocycles. The van der Waals surface area contributed by atoms with Crippen molar-refractivity contribution in [2.45, 2.75) is 30.7 Å². The highest BCUT2D eigenvalue weighted by molar-refractivity contribution is 7.89. The van der Waals surface area contributed by atoms with E-state index in [0.717, 1.165) is 18.5 Å². The fourth-order valence-electron chi connectivity index (χ4n) is 1.40. The lowest BCUT2D eigenvalue weighted by atomic mass is 10.1. The van der Waals surface area contributed by atoms with E-state index in [1.807, 2.05) is 7.05 Å². The first-order valence-corrected chi connectivity index (χ1v) is 6.67. The van der Waals surface area contributed by atoms with Crippen LogP contribution in [0.2, 0.25) is 0 Å². The first kappa shape index (κ1) is 13.1. The van der Waals surface area contributed by atoms with Crippen LogP contribution in [0.1, 0.15) is 19.0 Å². The molecule has 90 valence electrons. The Morgan fingerprint density at radius 1 is 1.50 bits per heavy atom. The smallest absolute Gasteiger partial charge is 0.239 e. The number of aromatic nitrogens is 1. The van der Waals surface area contributed by atoms with Gasteiger partial charge in [-0.15, -0.1) is 0 Å². The summed E-state index contributed by atoms with van der Waals surface area (Å²) in [7, 11) is -1.74. The van der Waals surface area contributed by atoms with E-state index in [4.69, 9.17) is 5.14 Å². The molecular formula is C10H17N3O2S. The second kappa shape index (κ2) is 5.38. The molecule has 0 aromatic carbocycles. The van der Waals surface area contributed by atoms with Gasteiger partial charge in [0.15, 0.2) is 0 Å². The zero-order valence-corrected chi connectivity index (χ0v) is 10.3. The molecule has 0 spiro atoms. The number of nitrogens with zero attached hydrogens (tertiary/aromatic N) is 1. The number of rotatable bonds is 5. The molecule has 0 amide bonds. The van der Waals surface area contributed by atoms with Crippen LogP contribution < -0.4 is 10.5 Å². The molecule has 0 aliphatic heterocycles. The van der Waals surface area contributed by atoms with Crippen LogP contribution in [0.4, 0.5) is 0 Å². The molecule has 0 saturated carbocycles. The van der Waals surface area contributed by atoms with E-state index in [-0.39, 0.29) is 4.90 Å². The molecule has 0 fully saturated rings. The van der Waals surface area contributed by atoms with Gasteiger partial charge in [0.2, 0.25) is 10.0 Å². The molecule has 0 aliphatic rings. The number of hydrogen-bond donors (Lipinski definition) is 2. The normalized spacial score (nSPS) is 13.7. The molecule has 6 heteroatoms. The molecule has 0 bridgehead atoms. The van der Waals surface area contributed by atoms with E-state index in [1.165, 1.54) is 12.3 Å². The van der Waals surface area contributed by atoms with Crippen molar-refractivity contribution < 1.29 is 8.42 Å². The van der Waals surface area contributed by atoms with E-state index in [2.05, 4.69) is 17.2 Å². The summed E-state index contributed by atoms with van der Waals surface area (Å²) in [4.78, 5) is 4.13. The van der Waals surface area contributed by atoms with E-state index < -0.39 is 10.0 Å². The average molecular weight is 243 g/mol. The highest BCUT2D eigenvalue weighted by Crippen LogP contribution is 2.08. The number of sulfonamides is 1.